The molecule has 1 aromatic carbocycles. The van der Waals surface area contributed by atoms with E-state index in [2.05, 4.69) is 25.3 Å². The largest absolute Gasteiger partial charge is 0.493 e. The van der Waals surface area contributed by atoms with Gasteiger partial charge in [-0.1, -0.05) is 6.07 Å². The van der Waals surface area contributed by atoms with Gasteiger partial charge in [-0.25, -0.2) is 4.98 Å². The van der Waals surface area contributed by atoms with Crippen molar-refractivity contribution in [2.75, 3.05) is 20.7 Å². The minimum Gasteiger partial charge on any atom is -0.493 e. The molecule has 0 fully saturated rings. The summed E-state index contributed by atoms with van der Waals surface area (Å²) in [6.07, 6.45) is 0.585. The Bertz CT molecular complexity index is 758. The van der Waals surface area contributed by atoms with Gasteiger partial charge in [-0.3, -0.25) is 4.99 Å². The van der Waals surface area contributed by atoms with Gasteiger partial charge in [-0.15, -0.1) is 0 Å². The maximum absolute atomic E-state index is 12.5. The number of ether oxygens (including phenoxy) is 2. The molecule has 148 valence electrons. The van der Waals surface area contributed by atoms with Crippen LogP contribution in [0.1, 0.15) is 22.9 Å². The maximum atomic E-state index is 12.5. The zero-order chi connectivity index (χ0) is 19.8. The molecule has 9 heteroatoms. The van der Waals surface area contributed by atoms with Gasteiger partial charge in [0, 0.05) is 13.6 Å². The highest BCUT2D eigenvalue weighted by Crippen LogP contribution is 2.29. The lowest BCUT2D eigenvalue weighted by molar-refractivity contribution is -0.0512. The van der Waals surface area contributed by atoms with Gasteiger partial charge in [0.05, 0.1) is 19.3 Å². The van der Waals surface area contributed by atoms with E-state index in [1.165, 1.54) is 7.11 Å². The number of oxazole rings is 1. The summed E-state index contributed by atoms with van der Waals surface area (Å²) in [4.78, 5) is 8.42. The Kier molecular flexibility index (Phi) is 7.39. The van der Waals surface area contributed by atoms with Crippen molar-refractivity contribution in [1.82, 2.24) is 15.6 Å². The van der Waals surface area contributed by atoms with Crippen LogP contribution in [0.4, 0.5) is 8.78 Å². The molecule has 0 aliphatic rings. The molecular formula is C18H24F2N4O3. The molecule has 0 saturated heterocycles. The summed E-state index contributed by atoms with van der Waals surface area (Å²) in [6.45, 7) is 1.79. The molecule has 2 aromatic rings. The zero-order valence-electron chi connectivity index (χ0n) is 15.8. The Labute approximate surface area is 156 Å². The SMILES string of the molecule is CN=C(NCCc1ccc(OC)c(OC(F)F)c1)NCc1nc(C)c(C)o1. The quantitative estimate of drug-likeness (QED) is 0.540. The van der Waals surface area contributed by atoms with Gasteiger partial charge in [-0.05, 0) is 38.0 Å². The van der Waals surface area contributed by atoms with Crippen LogP contribution in [0.2, 0.25) is 0 Å². The molecular weight excluding hydrogens is 358 g/mol. The van der Waals surface area contributed by atoms with Crippen LogP contribution in [0.15, 0.2) is 27.6 Å². The van der Waals surface area contributed by atoms with Crippen LogP contribution in [0.5, 0.6) is 11.5 Å². The smallest absolute Gasteiger partial charge is 0.387 e. The van der Waals surface area contributed by atoms with Crippen LogP contribution >= 0.6 is 0 Å². The first-order chi connectivity index (χ1) is 12.9. The molecule has 0 unspecified atom stereocenters. The van der Waals surface area contributed by atoms with Gasteiger partial charge in [0.25, 0.3) is 0 Å². The fourth-order valence-electron chi connectivity index (χ4n) is 2.38. The van der Waals surface area contributed by atoms with Gasteiger partial charge in [0.15, 0.2) is 17.5 Å². The summed E-state index contributed by atoms with van der Waals surface area (Å²) in [5.74, 6) is 2.23. The number of aliphatic imine (C=N–C) groups is 1. The second-order valence-electron chi connectivity index (χ2n) is 5.72. The highest BCUT2D eigenvalue weighted by Gasteiger charge is 2.11. The number of benzene rings is 1. The average Bonchev–Trinajstić information content (AvgIpc) is 2.95. The van der Waals surface area contributed by atoms with E-state index in [4.69, 9.17) is 9.15 Å². The van der Waals surface area contributed by atoms with E-state index in [1.807, 2.05) is 13.8 Å². The molecule has 0 aliphatic heterocycles. The summed E-state index contributed by atoms with van der Waals surface area (Å²) >= 11 is 0. The van der Waals surface area contributed by atoms with Crippen LogP contribution in [0.25, 0.3) is 0 Å². The van der Waals surface area contributed by atoms with Crippen molar-refractivity contribution in [2.24, 2.45) is 4.99 Å². The number of hydrogen-bond acceptors (Lipinski definition) is 5. The number of alkyl halides is 2. The van der Waals surface area contributed by atoms with E-state index in [9.17, 15) is 8.78 Å². The number of guanidine groups is 1. The molecule has 0 spiro atoms. The maximum Gasteiger partial charge on any atom is 0.387 e. The summed E-state index contributed by atoms with van der Waals surface area (Å²) in [5, 5.41) is 6.25. The Morgan fingerprint density at radius 3 is 2.63 bits per heavy atom. The second-order valence-corrected chi connectivity index (χ2v) is 5.72. The van der Waals surface area contributed by atoms with Crippen LogP contribution in [0, 0.1) is 13.8 Å². The third-order valence-corrected chi connectivity index (χ3v) is 3.85. The van der Waals surface area contributed by atoms with Crippen molar-refractivity contribution in [3.8, 4) is 11.5 Å². The van der Waals surface area contributed by atoms with Crippen molar-refractivity contribution < 1.29 is 22.7 Å². The summed E-state index contributed by atoms with van der Waals surface area (Å²) in [5.41, 5.74) is 1.68. The fourth-order valence-corrected chi connectivity index (χ4v) is 2.38. The molecule has 1 aromatic heterocycles. The van der Waals surface area contributed by atoms with E-state index in [0.29, 0.717) is 31.4 Å². The van der Waals surface area contributed by atoms with Gasteiger partial charge in [0.2, 0.25) is 5.89 Å². The fraction of sp³-hybridized carbons (Fsp3) is 0.444. The van der Waals surface area contributed by atoms with Crippen LogP contribution in [0.3, 0.4) is 0 Å². The molecule has 0 saturated carbocycles. The van der Waals surface area contributed by atoms with Gasteiger partial charge >= 0.3 is 6.61 Å². The predicted octanol–water partition coefficient (Wildman–Crippen LogP) is 2.81. The third-order valence-electron chi connectivity index (χ3n) is 3.85. The molecule has 0 amide bonds. The lowest BCUT2D eigenvalue weighted by Gasteiger charge is -2.13. The van der Waals surface area contributed by atoms with Crippen LogP contribution in [-0.4, -0.2) is 38.3 Å². The van der Waals surface area contributed by atoms with Gasteiger partial charge in [0.1, 0.15) is 5.76 Å². The van der Waals surface area contributed by atoms with Crippen molar-refractivity contribution in [3.63, 3.8) is 0 Å². The summed E-state index contributed by atoms with van der Waals surface area (Å²) in [7, 11) is 3.06. The van der Waals surface area contributed by atoms with Crippen LogP contribution < -0.4 is 20.1 Å². The number of nitrogens with one attached hydrogen (secondary N) is 2. The number of hydrogen-bond donors (Lipinski definition) is 2. The monoisotopic (exact) mass is 382 g/mol. The van der Waals surface area contributed by atoms with E-state index in [0.717, 1.165) is 17.0 Å². The Morgan fingerprint density at radius 2 is 2.04 bits per heavy atom. The zero-order valence-corrected chi connectivity index (χ0v) is 15.8. The van der Waals surface area contributed by atoms with Crippen LogP contribution in [-0.2, 0) is 13.0 Å². The normalized spacial score (nSPS) is 11.6. The van der Waals surface area contributed by atoms with Crippen molar-refractivity contribution in [1.29, 1.82) is 0 Å². The number of aromatic nitrogens is 1. The first-order valence-electron chi connectivity index (χ1n) is 8.42. The number of halogens is 2. The molecule has 0 radical (unpaired) electrons. The Balaban J connectivity index is 1.86. The highest BCUT2D eigenvalue weighted by molar-refractivity contribution is 5.79. The number of methoxy groups -OCH3 is 1. The summed E-state index contributed by atoms with van der Waals surface area (Å²) < 4.78 is 40.0. The standard InChI is InChI=1S/C18H24F2N4O3/c1-11-12(2)26-16(24-11)10-23-18(21-3)22-8-7-13-5-6-14(25-4)15(9-13)27-17(19)20/h5-6,9,17H,7-8,10H2,1-4H3,(H2,21,22,23). The first-order valence-corrected chi connectivity index (χ1v) is 8.42. The second kappa shape index (κ2) is 9.75. The molecule has 27 heavy (non-hydrogen) atoms. The Morgan fingerprint density at radius 1 is 1.26 bits per heavy atom. The highest BCUT2D eigenvalue weighted by atomic mass is 19.3. The molecule has 0 aliphatic carbocycles. The van der Waals surface area contributed by atoms with Gasteiger partial charge in [-0.2, -0.15) is 8.78 Å². The van der Waals surface area contributed by atoms with Crippen molar-refractivity contribution in [2.45, 2.75) is 33.4 Å². The lowest BCUT2D eigenvalue weighted by atomic mass is 10.1. The topological polar surface area (TPSA) is 80.9 Å². The molecule has 0 bridgehead atoms. The van der Waals surface area contributed by atoms with E-state index in [1.54, 1.807) is 25.2 Å². The number of nitrogens with zero attached hydrogens (tertiary/aromatic N) is 2. The van der Waals surface area contributed by atoms with Crippen molar-refractivity contribution >= 4 is 5.96 Å². The average molecular weight is 382 g/mol. The van der Waals surface area contributed by atoms with E-state index >= 15 is 0 Å². The molecule has 2 N–H and O–H groups in total. The minimum absolute atomic E-state index is 0.0159. The molecule has 2 rings (SSSR count). The Hall–Kier alpha value is -2.84. The van der Waals surface area contributed by atoms with E-state index < -0.39 is 6.61 Å². The first kappa shape index (κ1) is 20.5. The van der Waals surface area contributed by atoms with E-state index in [-0.39, 0.29) is 11.5 Å². The number of aryl methyl sites for hydroxylation is 2. The molecule has 0 atom stereocenters. The van der Waals surface area contributed by atoms with Crippen molar-refractivity contribution in [3.05, 3.63) is 41.1 Å². The minimum atomic E-state index is -2.90. The molecule has 1 heterocycles. The van der Waals surface area contributed by atoms with Gasteiger partial charge < -0.3 is 24.5 Å². The summed E-state index contributed by atoms with van der Waals surface area (Å²) in [6, 6.07) is 4.95. The third kappa shape index (κ3) is 6.12. The lowest BCUT2D eigenvalue weighted by Crippen LogP contribution is -2.37. The number of rotatable bonds is 8. The molecule has 7 nitrogen and oxygen atoms in total. The predicted molar refractivity (Wildman–Crippen MR) is 97.5 cm³/mol.